The number of methoxy groups -OCH3 is 1. The number of hydrogen-bond donors (Lipinski definition) is 1. The van der Waals surface area contributed by atoms with Crippen LogP contribution in [0.15, 0.2) is 11.6 Å². The van der Waals surface area contributed by atoms with Gasteiger partial charge in [-0.1, -0.05) is 0 Å². The molecule has 0 saturated heterocycles. The van der Waals surface area contributed by atoms with Gasteiger partial charge in [0.1, 0.15) is 6.54 Å². The summed E-state index contributed by atoms with van der Waals surface area (Å²) in [7, 11) is 1.58. The summed E-state index contributed by atoms with van der Waals surface area (Å²) in [6, 6.07) is 0. The molecule has 0 radical (unpaired) electrons. The number of carboxylic acid groups (broad SMARTS) is 1. The zero-order chi connectivity index (χ0) is 10.4. The quantitative estimate of drug-likeness (QED) is 0.757. The molecule has 14 heavy (non-hydrogen) atoms. The van der Waals surface area contributed by atoms with E-state index in [1.165, 1.54) is 11.3 Å². The summed E-state index contributed by atoms with van der Waals surface area (Å²) in [5, 5.41) is 11.2. The summed E-state index contributed by atoms with van der Waals surface area (Å²) < 4.78 is 4.89. The Balaban J connectivity index is 2.57. The van der Waals surface area contributed by atoms with Gasteiger partial charge >= 0.3 is 5.97 Å². The van der Waals surface area contributed by atoms with Crippen LogP contribution in [-0.4, -0.2) is 42.9 Å². The van der Waals surface area contributed by atoms with Crippen molar-refractivity contribution in [3.05, 3.63) is 11.6 Å². The van der Waals surface area contributed by atoms with Crippen molar-refractivity contribution in [3.8, 4) is 0 Å². The smallest absolute Gasteiger partial charge is 0.323 e. The van der Waals surface area contributed by atoms with Crippen molar-refractivity contribution in [1.29, 1.82) is 0 Å². The van der Waals surface area contributed by atoms with Gasteiger partial charge in [0.15, 0.2) is 5.13 Å². The van der Waals surface area contributed by atoms with Gasteiger partial charge in [0.2, 0.25) is 0 Å². The van der Waals surface area contributed by atoms with Crippen LogP contribution in [0.3, 0.4) is 0 Å². The third-order valence-electron chi connectivity index (χ3n) is 1.58. The molecule has 0 bridgehead atoms. The standard InChI is InChI=1S/C8H12N2O3S/c1-13-4-3-10(6-7(11)12)8-9-2-5-14-8/h2,5H,3-4,6H2,1H3,(H,11,12). The second kappa shape index (κ2) is 5.56. The van der Waals surface area contributed by atoms with E-state index in [0.717, 1.165) is 0 Å². The number of rotatable bonds is 6. The van der Waals surface area contributed by atoms with Gasteiger partial charge in [-0.25, -0.2) is 4.98 Å². The first-order chi connectivity index (χ1) is 6.74. The number of carboxylic acids is 1. The van der Waals surface area contributed by atoms with Crippen molar-refractivity contribution in [2.75, 3.05) is 31.7 Å². The molecule has 0 aliphatic rings. The molecule has 0 aromatic carbocycles. The Hall–Kier alpha value is -1.14. The van der Waals surface area contributed by atoms with E-state index in [0.29, 0.717) is 18.3 Å². The second-order valence-electron chi connectivity index (χ2n) is 2.62. The zero-order valence-electron chi connectivity index (χ0n) is 7.84. The van der Waals surface area contributed by atoms with Gasteiger partial charge in [-0.05, 0) is 0 Å². The van der Waals surface area contributed by atoms with Gasteiger partial charge in [0, 0.05) is 25.2 Å². The summed E-state index contributed by atoms with van der Waals surface area (Å²) in [4.78, 5) is 16.3. The Morgan fingerprint density at radius 2 is 2.57 bits per heavy atom. The fourth-order valence-electron chi connectivity index (χ4n) is 0.979. The first-order valence-corrected chi connectivity index (χ1v) is 4.97. The monoisotopic (exact) mass is 216 g/mol. The maximum Gasteiger partial charge on any atom is 0.323 e. The average Bonchev–Trinajstić information content (AvgIpc) is 2.64. The molecule has 0 spiro atoms. The summed E-state index contributed by atoms with van der Waals surface area (Å²) in [6.07, 6.45) is 1.65. The largest absolute Gasteiger partial charge is 0.480 e. The lowest BCUT2D eigenvalue weighted by atomic mass is 10.5. The van der Waals surface area contributed by atoms with Crippen LogP contribution < -0.4 is 4.90 Å². The van der Waals surface area contributed by atoms with Crippen LogP contribution >= 0.6 is 11.3 Å². The van der Waals surface area contributed by atoms with Gasteiger partial charge in [0.25, 0.3) is 0 Å². The van der Waals surface area contributed by atoms with E-state index >= 15 is 0 Å². The van der Waals surface area contributed by atoms with Crippen LogP contribution in [-0.2, 0) is 9.53 Å². The van der Waals surface area contributed by atoms with Crippen molar-refractivity contribution < 1.29 is 14.6 Å². The van der Waals surface area contributed by atoms with Crippen LogP contribution in [0.4, 0.5) is 5.13 Å². The SMILES string of the molecule is COCCN(CC(=O)O)c1nccs1. The van der Waals surface area contributed by atoms with Crippen LogP contribution in [0, 0.1) is 0 Å². The Morgan fingerprint density at radius 3 is 3.07 bits per heavy atom. The van der Waals surface area contributed by atoms with Crippen molar-refractivity contribution in [1.82, 2.24) is 4.98 Å². The Kier molecular flexibility index (Phi) is 4.34. The van der Waals surface area contributed by atoms with Crippen molar-refractivity contribution in [2.45, 2.75) is 0 Å². The third-order valence-corrected chi connectivity index (χ3v) is 2.41. The average molecular weight is 216 g/mol. The molecular weight excluding hydrogens is 204 g/mol. The molecule has 1 aromatic rings. The maximum atomic E-state index is 10.6. The molecule has 0 atom stereocenters. The number of hydrogen-bond acceptors (Lipinski definition) is 5. The number of nitrogens with zero attached hydrogens (tertiary/aromatic N) is 2. The molecule has 78 valence electrons. The van der Waals surface area contributed by atoms with E-state index in [2.05, 4.69) is 4.98 Å². The lowest BCUT2D eigenvalue weighted by molar-refractivity contribution is -0.135. The van der Waals surface area contributed by atoms with Gasteiger partial charge in [-0.15, -0.1) is 11.3 Å². The molecule has 1 rings (SSSR count). The van der Waals surface area contributed by atoms with E-state index in [1.807, 2.05) is 5.38 Å². The second-order valence-corrected chi connectivity index (χ2v) is 3.50. The fourth-order valence-corrected chi connectivity index (χ4v) is 1.65. The highest BCUT2D eigenvalue weighted by atomic mass is 32.1. The summed E-state index contributed by atoms with van der Waals surface area (Å²) in [5.74, 6) is -0.865. The van der Waals surface area contributed by atoms with Crippen molar-refractivity contribution in [2.24, 2.45) is 0 Å². The van der Waals surface area contributed by atoms with Crippen LogP contribution in [0.5, 0.6) is 0 Å². The van der Waals surface area contributed by atoms with E-state index < -0.39 is 5.97 Å². The van der Waals surface area contributed by atoms with Crippen molar-refractivity contribution in [3.63, 3.8) is 0 Å². The summed E-state index contributed by atoms with van der Waals surface area (Å²) in [6.45, 7) is 0.986. The number of carbonyl (C=O) groups is 1. The highest BCUT2D eigenvalue weighted by Crippen LogP contribution is 2.16. The molecule has 0 fully saturated rings. The number of aromatic nitrogens is 1. The molecule has 0 unspecified atom stereocenters. The lowest BCUT2D eigenvalue weighted by Gasteiger charge is -2.18. The summed E-state index contributed by atoms with van der Waals surface area (Å²) in [5.41, 5.74) is 0. The molecule has 0 aliphatic heterocycles. The number of thiazole rings is 1. The molecule has 5 nitrogen and oxygen atoms in total. The number of ether oxygens (including phenoxy) is 1. The third kappa shape index (κ3) is 3.31. The fraction of sp³-hybridized carbons (Fsp3) is 0.500. The molecule has 0 amide bonds. The molecule has 1 aromatic heterocycles. The minimum absolute atomic E-state index is 0.0448. The van der Waals surface area contributed by atoms with Crippen LogP contribution in [0.2, 0.25) is 0 Å². The predicted molar refractivity (Wildman–Crippen MR) is 53.8 cm³/mol. The minimum Gasteiger partial charge on any atom is -0.480 e. The van der Waals surface area contributed by atoms with Crippen LogP contribution in [0.1, 0.15) is 0 Å². The molecule has 0 saturated carbocycles. The van der Waals surface area contributed by atoms with Gasteiger partial charge in [-0.2, -0.15) is 0 Å². The van der Waals surface area contributed by atoms with E-state index in [-0.39, 0.29) is 6.54 Å². The normalized spacial score (nSPS) is 10.1. The minimum atomic E-state index is -0.865. The molecular formula is C8H12N2O3S. The Labute approximate surface area is 85.9 Å². The Morgan fingerprint density at radius 1 is 1.79 bits per heavy atom. The highest BCUT2D eigenvalue weighted by molar-refractivity contribution is 7.13. The molecule has 6 heteroatoms. The lowest BCUT2D eigenvalue weighted by Crippen LogP contribution is -2.32. The first-order valence-electron chi connectivity index (χ1n) is 4.09. The van der Waals surface area contributed by atoms with Crippen molar-refractivity contribution >= 4 is 22.4 Å². The highest BCUT2D eigenvalue weighted by Gasteiger charge is 2.11. The molecule has 1 heterocycles. The van der Waals surface area contributed by atoms with E-state index in [1.54, 1.807) is 18.2 Å². The number of anilines is 1. The molecule has 0 aliphatic carbocycles. The van der Waals surface area contributed by atoms with E-state index in [9.17, 15) is 4.79 Å². The number of aliphatic carboxylic acids is 1. The Bertz CT molecular complexity index is 276. The van der Waals surface area contributed by atoms with Gasteiger partial charge in [0.05, 0.1) is 6.61 Å². The topological polar surface area (TPSA) is 62.7 Å². The van der Waals surface area contributed by atoms with Gasteiger partial charge < -0.3 is 14.7 Å². The van der Waals surface area contributed by atoms with Crippen LogP contribution in [0.25, 0.3) is 0 Å². The zero-order valence-corrected chi connectivity index (χ0v) is 8.66. The maximum absolute atomic E-state index is 10.6. The van der Waals surface area contributed by atoms with Gasteiger partial charge in [-0.3, -0.25) is 4.79 Å². The predicted octanol–water partition coefficient (Wildman–Crippen LogP) is 0.680. The van der Waals surface area contributed by atoms with E-state index in [4.69, 9.17) is 9.84 Å². The first kappa shape index (κ1) is 10.9. The molecule has 1 N–H and O–H groups in total. The summed E-state index contributed by atoms with van der Waals surface area (Å²) >= 11 is 1.42.